The van der Waals surface area contributed by atoms with E-state index >= 15 is 0 Å². The summed E-state index contributed by atoms with van der Waals surface area (Å²) in [6.07, 6.45) is 0. The monoisotopic (exact) mass is 580 g/mol. The number of ether oxygens (including phenoxy) is 2. The summed E-state index contributed by atoms with van der Waals surface area (Å²) in [6, 6.07) is 13.9. The van der Waals surface area contributed by atoms with Crippen LogP contribution in [0.4, 0.5) is 5.69 Å². The summed E-state index contributed by atoms with van der Waals surface area (Å²) in [4.78, 5) is 44.4. The van der Waals surface area contributed by atoms with Gasteiger partial charge in [-0.2, -0.15) is 0 Å². The number of aryl methyl sites for hydroxylation is 1. The Morgan fingerprint density at radius 3 is 2.50 bits per heavy atom. The molecule has 4 rings (SSSR count). The van der Waals surface area contributed by atoms with Crippen LogP contribution in [0.5, 0.6) is 11.5 Å². The molecular weight excluding hydrogens is 556 g/mol. The van der Waals surface area contributed by atoms with Gasteiger partial charge in [0, 0.05) is 36.4 Å². The van der Waals surface area contributed by atoms with Crippen LogP contribution in [0.15, 0.2) is 63.9 Å². The highest BCUT2D eigenvalue weighted by Gasteiger charge is 2.27. The first-order valence-corrected chi connectivity index (χ1v) is 12.3. The van der Waals surface area contributed by atoms with E-state index in [4.69, 9.17) is 14.5 Å². The van der Waals surface area contributed by atoms with E-state index in [0.29, 0.717) is 38.1 Å². The van der Waals surface area contributed by atoms with Crippen LogP contribution in [0, 0.1) is 17.0 Å². The SMILES string of the molecule is COc1cc(OC)c(Br)c(-n2c(C(C)N(C)C(=O)c3ccc(C)c([N+](=O)[O-])c3)nc3ccccc3c2=O)c1. The fraction of sp³-hybridized carbons (Fsp3) is 0.222. The number of amides is 1. The van der Waals surface area contributed by atoms with E-state index in [9.17, 15) is 19.7 Å². The van der Waals surface area contributed by atoms with Gasteiger partial charge in [0.1, 0.15) is 17.3 Å². The molecule has 1 unspecified atom stereocenters. The number of nitro benzene ring substituents is 1. The number of carbonyl (C=O) groups excluding carboxylic acids is 1. The van der Waals surface area contributed by atoms with E-state index in [0.717, 1.165) is 0 Å². The first-order chi connectivity index (χ1) is 18.1. The normalized spacial score (nSPS) is 11.7. The van der Waals surface area contributed by atoms with Gasteiger partial charge in [-0.25, -0.2) is 4.98 Å². The summed E-state index contributed by atoms with van der Waals surface area (Å²) in [5.41, 5.74) is 0.983. The molecule has 0 bridgehead atoms. The molecule has 1 amide bonds. The maximum Gasteiger partial charge on any atom is 0.273 e. The van der Waals surface area contributed by atoms with Crippen molar-refractivity contribution in [3.63, 3.8) is 0 Å². The van der Waals surface area contributed by atoms with Crippen LogP contribution in [0.25, 0.3) is 16.6 Å². The average Bonchev–Trinajstić information content (AvgIpc) is 2.92. The van der Waals surface area contributed by atoms with Gasteiger partial charge >= 0.3 is 0 Å². The summed E-state index contributed by atoms with van der Waals surface area (Å²) in [6.45, 7) is 3.34. The molecule has 0 fully saturated rings. The van der Waals surface area contributed by atoms with Gasteiger partial charge < -0.3 is 14.4 Å². The van der Waals surface area contributed by atoms with Gasteiger partial charge in [0.2, 0.25) is 0 Å². The van der Waals surface area contributed by atoms with Gasteiger partial charge in [-0.1, -0.05) is 18.2 Å². The van der Waals surface area contributed by atoms with E-state index < -0.39 is 16.9 Å². The molecule has 38 heavy (non-hydrogen) atoms. The molecule has 10 nitrogen and oxygen atoms in total. The van der Waals surface area contributed by atoms with Gasteiger partial charge in [-0.05, 0) is 48.0 Å². The Kier molecular flexibility index (Phi) is 7.49. The number of nitrogens with zero attached hydrogens (tertiary/aromatic N) is 4. The molecule has 1 aromatic heterocycles. The minimum atomic E-state index is -0.718. The van der Waals surface area contributed by atoms with E-state index in [2.05, 4.69) is 15.9 Å². The molecule has 0 aliphatic carbocycles. The molecule has 0 aliphatic rings. The second kappa shape index (κ2) is 10.6. The second-order valence-electron chi connectivity index (χ2n) is 8.64. The molecule has 196 valence electrons. The Morgan fingerprint density at radius 1 is 1.13 bits per heavy atom. The highest BCUT2D eigenvalue weighted by molar-refractivity contribution is 9.10. The standard InChI is InChI=1S/C27H25BrN4O6/c1-15-10-11-17(12-21(15)32(35)36)26(33)30(3)16(2)25-29-20-9-7-6-8-19(20)27(34)31(25)22-13-18(37-4)14-23(38-5)24(22)28/h6-14,16H,1-5H3. The van der Waals surface area contributed by atoms with Crippen LogP contribution in [-0.4, -0.2) is 46.5 Å². The molecule has 0 spiro atoms. The van der Waals surface area contributed by atoms with Crippen molar-refractivity contribution in [3.8, 4) is 17.2 Å². The van der Waals surface area contributed by atoms with Crippen LogP contribution in [0.3, 0.4) is 0 Å². The fourth-order valence-electron chi connectivity index (χ4n) is 4.14. The molecule has 1 heterocycles. The first-order valence-electron chi connectivity index (χ1n) is 11.5. The maximum absolute atomic E-state index is 13.9. The lowest BCUT2D eigenvalue weighted by atomic mass is 10.1. The van der Waals surface area contributed by atoms with Crippen molar-refractivity contribution >= 4 is 38.4 Å². The first kappa shape index (κ1) is 26.8. The molecule has 0 aliphatic heterocycles. The Balaban J connectivity index is 1.92. The van der Waals surface area contributed by atoms with Crippen LogP contribution >= 0.6 is 15.9 Å². The molecule has 3 aromatic carbocycles. The molecule has 0 saturated carbocycles. The zero-order valence-electron chi connectivity index (χ0n) is 21.4. The summed E-state index contributed by atoms with van der Waals surface area (Å²) >= 11 is 3.54. The quantitative estimate of drug-likeness (QED) is 0.217. The van der Waals surface area contributed by atoms with E-state index in [1.54, 1.807) is 57.3 Å². The number of benzene rings is 3. The number of nitro groups is 1. The lowest BCUT2D eigenvalue weighted by Gasteiger charge is -2.27. The zero-order valence-corrected chi connectivity index (χ0v) is 23.0. The van der Waals surface area contributed by atoms with Gasteiger partial charge in [0.05, 0.1) is 46.2 Å². The topological polar surface area (TPSA) is 117 Å². The molecule has 0 saturated heterocycles. The fourth-order valence-corrected chi connectivity index (χ4v) is 4.71. The number of carbonyl (C=O) groups is 1. The van der Waals surface area contributed by atoms with E-state index in [1.807, 2.05) is 0 Å². The van der Waals surface area contributed by atoms with Crippen LogP contribution in [0.1, 0.15) is 34.7 Å². The molecule has 1 atom stereocenters. The second-order valence-corrected chi connectivity index (χ2v) is 9.43. The summed E-state index contributed by atoms with van der Waals surface area (Å²) in [7, 11) is 4.57. The zero-order chi connectivity index (χ0) is 27.7. The molecule has 4 aromatic rings. The van der Waals surface area contributed by atoms with Crippen LogP contribution in [0.2, 0.25) is 0 Å². The molecule has 0 radical (unpaired) electrons. The molecule has 11 heteroatoms. The number of rotatable bonds is 7. The molecule has 0 N–H and O–H groups in total. The van der Waals surface area contributed by atoms with Crippen molar-refractivity contribution in [1.82, 2.24) is 14.5 Å². The predicted octanol–water partition coefficient (Wildman–Crippen LogP) is 5.22. The van der Waals surface area contributed by atoms with Crippen molar-refractivity contribution in [2.75, 3.05) is 21.3 Å². The van der Waals surface area contributed by atoms with Gasteiger partial charge in [0.25, 0.3) is 17.2 Å². The highest BCUT2D eigenvalue weighted by atomic mass is 79.9. The Bertz CT molecular complexity index is 1630. The van der Waals surface area contributed by atoms with Gasteiger partial charge in [-0.15, -0.1) is 0 Å². The Hall–Kier alpha value is -4.25. The third-order valence-electron chi connectivity index (χ3n) is 6.42. The Morgan fingerprint density at radius 2 is 1.84 bits per heavy atom. The minimum absolute atomic E-state index is 0.148. The summed E-state index contributed by atoms with van der Waals surface area (Å²) < 4.78 is 12.8. The minimum Gasteiger partial charge on any atom is -0.497 e. The molecular formula is C27H25BrN4O6. The van der Waals surface area contributed by atoms with Gasteiger partial charge in [-0.3, -0.25) is 24.3 Å². The van der Waals surface area contributed by atoms with Crippen molar-refractivity contribution in [3.05, 3.63) is 96.5 Å². The number of halogens is 1. The van der Waals surface area contributed by atoms with E-state index in [1.165, 1.54) is 41.9 Å². The predicted molar refractivity (Wildman–Crippen MR) is 146 cm³/mol. The van der Waals surface area contributed by atoms with Crippen molar-refractivity contribution in [2.24, 2.45) is 0 Å². The third-order valence-corrected chi connectivity index (χ3v) is 7.22. The third kappa shape index (κ3) is 4.72. The van der Waals surface area contributed by atoms with Crippen LogP contribution in [-0.2, 0) is 0 Å². The van der Waals surface area contributed by atoms with Crippen molar-refractivity contribution in [2.45, 2.75) is 19.9 Å². The summed E-state index contributed by atoms with van der Waals surface area (Å²) in [5.74, 6) is 0.712. The smallest absolute Gasteiger partial charge is 0.273 e. The lowest BCUT2D eigenvalue weighted by molar-refractivity contribution is -0.385. The lowest BCUT2D eigenvalue weighted by Crippen LogP contribution is -2.35. The average molecular weight is 581 g/mol. The van der Waals surface area contributed by atoms with Crippen molar-refractivity contribution in [1.29, 1.82) is 0 Å². The largest absolute Gasteiger partial charge is 0.497 e. The number of hydrogen-bond acceptors (Lipinski definition) is 7. The number of methoxy groups -OCH3 is 2. The highest BCUT2D eigenvalue weighted by Crippen LogP contribution is 2.37. The summed E-state index contributed by atoms with van der Waals surface area (Å²) in [5, 5.41) is 11.8. The van der Waals surface area contributed by atoms with E-state index in [-0.39, 0.29) is 22.6 Å². The number of para-hydroxylation sites is 1. The Labute approximate surface area is 226 Å². The van der Waals surface area contributed by atoms with Crippen LogP contribution < -0.4 is 15.0 Å². The van der Waals surface area contributed by atoms with Crippen molar-refractivity contribution < 1.29 is 19.2 Å². The number of fused-ring (bicyclic) bond motifs is 1. The maximum atomic E-state index is 13.9. The number of aromatic nitrogens is 2. The van der Waals surface area contributed by atoms with Gasteiger partial charge in [0.15, 0.2) is 0 Å². The number of hydrogen-bond donors (Lipinski definition) is 0.